The summed E-state index contributed by atoms with van der Waals surface area (Å²) in [5.41, 5.74) is -0.935. The van der Waals surface area contributed by atoms with Gasteiger partial charge < -0.3 is 15.4 Å². The summed E-state index contributed by atoms with van der Waals surface area (Å²) in [6, 6.07) is 2.60. The average Bonchev–Trinajstić information content (AvgIpc) is 3.55. The molecule has 232 valence electrons. The van der Waals surface area contributed by atoms with E-state index in [4.69, 9.17) is 4.74 Å². The molecule has 1 fully saturated rings. The van der Waals surface area contributed by atoms with Crippen LogP contribution in [0.15, 0.2) is 30.6 Å². The fraction of sp³-hybridized carbons (Fsp3) is 0.464. The summed E-state index contributed by atoms with van der Waals surface area (Å²) >= 11 is 1.13. The first kappa shape index (κ1) is 32.2. The Morgan fingerprint density at radius 3 is 2.63 bits per heavy atom. The Bertz CT molecular complexity index is 1400. The summed E-state index contributed by atoms with van der Waals surface area (Å²) < 4.78 is 59.4. The van der Waals surface area contributed by atoms with E-state index in [0.717, 1.165) is 42.9 Å². The molecule has 1 atom stereocenters. The number of halogens is 4. The van der Waals surface area contributed by atoms with E-state index >= 15 is 0 Å². The van der Waals surface area contributed by atoms with Crippen molar-refractivity contribution in [2.45, 2.75) is 51.9 Å². The number of hydrogen-bond acceptors (Lipinski definition) is 10. The van der Waals surface area contributed by atoms with E-state index in [1.165, 1.54) is 12.4 Å². The highest BCUT2D eigenvalue weighted by molar-refractivity contribution is 7.16. The van der Waals surface area contributed by atoms with E-state index in [0.29, 0.717) is 49.5 Å². The molecule has 0 saturated carbocycles. The van der Waals surface area contributed by atoms with Gasteiger partial charge in [0.1, 0.15) is 17.3 Å². The van der Waals surface area contributed by atoms with Gasteiger partial charge in [0.2, 0.25) is 0 Å². The zero-order valence-electron chi connectivity index (χ0n) is 23.8. The molecule has 3 aromatic rings. The standard InChI is InChI=1S/C28H33F4N7O3S/c1-3-42-24(40)6-7-33-8-9-34-23-15-35-21(14-36-23)26(41)38-27-37-25(22(43-27)16-39-10-4-5-17(39)2)18-11-19(28(30,31)32)13-20(29)12-18/h11-15,17,33H,3-10,16H2,1-2H3,(H,34,36)(H,37,38,41)/t17-/m1/s1. The molecule has 1 amide bonds. The molecule has 3 N–H and O–H groups in total. The van der Waals surface area contributed by atoms with Gasteiger partial charge in [-0.25, -0.2) is 19.3 Å². The van der Waals surface area contributed by atoms with Crippen LogP contribution in [0.3, 0.4) is 0 Å². The minimum absolute atomic E-state index is 0.00897. The van der Waals surface area contributed by atoms with Crippen molar-refractivity contribution in [3.63, 3.8) is 0 Å². The first-order valence-corrected chi connectivity index (χ1v) is 14.7. The lowest BCUT2D eigenvalue weighted by molar-refractivity contribution is -0.143. The van der Waals surface area contributed by atoms with Crippen LogP contribution in [0.4, 0.5) is 28.5 Å². The predicted octanol–water partition coefficient (Wildman–Crippen LogP) is 4.95. The quantitative estimate of drug-likeness (QED) is 0.138. The van der Waals surface area contributed by atoms with Crippen LogP contribution in [0, 0.1) is 5.82 Å². The van der Waals surface area contributed by atoms with Crippen molar-refractivity contribution in [3.05, 3.63) is 52.5 Å². The van der Waals surface area contributed by atoms with E-state index in [9.17, 15) is 27.2 Å². The van der Waals surface area contributed by atoms with Crippen molar-refractivity contribution >= 4 is 34.2 Å². The van der Waals surface area contributed by atoms with Crippen molar-refractivity contribution in [2.75, 3.05) is 43.4 Å². The van der Waals surface area contributed by atoms with Gasteiger partial charge in [0.25, 0.3) is 5.91 Å². The van der Waals surface area contributed by atoms with Crippen molar-refractivity contribution in [2.24, 2.45) is 0 Å². The molecule has 0 spiro atoms. The van der Waals surface area contributed by atoms with Gasteiger partial charge in [-0.05, 0) is 51.4 Å². The van der Waals surface area contributed by atoms with Gasteiger partial charge in [-0.3, -0.25) is 19.8 Å². The number of thiazole rings is 1. The van der Waals surface area contributed by atoms with E-state index in [2.05, 4.69) is 42.7 Å². The number of benzene rings is 1. The molecule has 0 unspecified atom stereocenters. The fourth-order valence-electron chi connectivity index (χ4n) is 4.57. The topological polar surface area (TPSA) is 121 Å². The molecule has 0 bridgehead atoms. The van der Waals surface area contributed by atoms with Crippen molar-refractivity contribution in [3.8, 4) is 11.3 Å². The SMILES string of the molecule is CCOC(=O)CCNCCNc1cnc(C(=O)Nc2nc(-c3cc(F)cc(C(F)(F)F)c3)c(CN3CCC[C@H]3C)s2)cn1. The molecule has 0 radical (unpaired) electrons. The molecule has 1 aliphatic rings. The maximum atomic E-state index is 14.3. The first-order valence-electron chi connectivity index (χ1n) is 13.9. The Labute approximate surface area is 250 Å². The minimum atomic E-state index is -4.73. The Morgan fingerprint density at radius 2 is 1.95 bits per heavy atom. The summed E-state index contributed by atoms with van der Waals surface area (Å²) in [5.74, 6) is -1.45. The number of likely N-dealkylation sites (tertiary alicyclic amines) is 1. The molecule has 1 aromatic carbocycles. The summed E-state index contributed by atoms with van der Waals surface area (Å²) in [6.07, 6.45) is 0.210. The zero-order valence-corrected chi connectivity index (χ0v) is 24.6. The maximum Gasteiger partial charge on any atom is 0.416 e. The Hall–Kier alpha value is -3.69. The lowest BCUT2D eigenvalue weighted by atomic mass is 10.1. The molecule has 0 aliphatic carbocycles. The summed E-state index contributed by atoms with van der Waals surface area (Å²) in [4.78, 5) is 39.8. The van der Waals surface area contributed by atoms with Gasteiger partial charge in [-0.2, -0.15) is 13.2 Å². The Kier molecular flexibility index (Phi) is 11.0. The predicted molar refractivity (Wildman–Crippen MR) is 154 cm³/mol. The third kappa shape index (κ3) is 9.15. The second-order valence-electron chi connectivity index (χ2n) is 9.95. The maximum absolute atomic E-state index is 14.3. The summed E-state index contributed by atoms with van der Waals surface area (Å²) in [7, 11) is 0. The van der Waals surface area contributed by atoms with E-state index < -0.39 is 23.5 Å². The molecule has 3 heterocycles. The lowest BCUT2D eigenvalue weighted by Crippen LogP contribution is -2.25. The van der Waals surface area contributed by atoms with Crippen LogP contribution in [0.1, 0.15) is 54.0 Å². The van der Waals surface area contributed by atoms with Gasteiger partial charge in [0.05, 0.1) is 36.7 Å². The lowest BCUT2D eigenvalue weighted by Gasteiger charge is -2.20. The highest BCUT2D eigenvalue weighted by atomic mass is 32.1. The van der Waals surface area contributed by atoms with Gasteiger partial charge in [-0.15, -0.1) is 0 Å². The number of hydrogen-bond donors (Lipinski definition) is 3. The van der Waals surface area contributed by atoms with Gasteiger partial charge in [0.15, 0.2) is 5.13 Å². The number of amides is 1. The fourth-order valence-corrected chi connectivity index (χ4v) is 5.57. The summed E-state index contributed by atoms with van der Waals surface area (Å²) in [5, 5.41) is 8.95. The van der Waals surface area contributed by atoms with Gasteiger partial charge in [-0.1, -0.05) is 11.3 Å². The molecule has 1 aliphatic heterocycles. The van der Waals surface area contributed by atoms with Crippen LogP contribution in [0.5, 0.6) is 0 Å². The second kappa shape index (κ2) is 14.7. The normalized spacial score (nSPS) is 15.4. The number of carbonyl (C=O) groups is 2. The smallest absolute Gasteiger partial charge is 0.416 e. The first-order chi connectivity index (χ1) is 20.5. The minimum Gasteiger partial charge on any atom is -0.466 e. The van der Waals surface area contributed by atoms with E-state index in [1.807, 2.05) is 0 Å². The number of aromatic nitrogens is 3. The molecule has 15 heteroatoms. The van der Waals surface area contributed by atoms with Crippen LogP contribution in [0.25, 0.3) is 11.3 Å². The monoisotopic (exact) mass is 623 g/mol. The van der Waals surface area contributed by atoms with Crippen LogP contribution in [-0.4, -0.2) is 70.6 Å². The van der Waals surface area contributed by atoms with Crippen LogP contribution < -0.4 is 16.0 Å². The van der Waals surface area contributed by atoms with Crippen LogP contribution >= 0.6 is 11.3 Å². The zero-order chi connectivity index (χ0) is 31.0. The second-order valence-corrected chi connectivity index (χ2v) is 11.0. The van der Waals surface area contributed by atoms with Crippen molar-refractivity contribution in [1.29, 1.82) is 0 Å². The summed E-state index contributed by atoms with van der Waals surface area (Å²) in [6.45, 7) is 6.92. The van der Waals surface area contributed by atoms with Crippen LogP contribution in [-0.2, 0) is 22.3 Å². The van der Waals surface area contributed by atoms with Gasteiger partial charge in [0, 0.05) is 42.7 Å². The van der Waals surface area contributed by atoms with Crippen molar-refractivity contribution < 1.29 is 31.9 Å². The molecular formula is C28H33F4N7O3S. The average molecular weight is 624 g/mol. The molecule has 4 rings (SSSR count). The van der Waals surface area contributed by atoms with Crippen LogP contribution in [0.2, 0.25) is 0 Å². The Balaban J connectivity index is 1.42. The molecule has 2 aromatic heterocycles. The molecule has 10 nitrogen and oxygen atoms in total. The van der Waals surface area contributed by atoms with Crippen molar-refractivity contribution in [1.82, 2.24) is 25.2 Å². The number of nitrogens with zero attached hydrogens (tertiary/aromatic N) is 4. The highest BCUT2D eigenvalue weighted by Gasteiger charge is 2.32. The largest absolute Gasteiger partial charge is 0.466 e. The number of alkyl halides is 3. The van der Waals surface area contributed by atoms with E-state index in [-0.39, 0.29) is 40.5 Å². The number of rotatable bonds is 13. The number of carbonyl (C=O) groups excluding carboxylic acids is 2. The number of nitrogens with one attached hydrogen (secondary N) is 3. The molecule has 1 saturated heterocycles. The third-order valence-corrected chi connectivity index (χ3v) is 7.71. The third-order valence-electron chi connectivity index (χ3n) is 6.76. The highest BCUT2D eigenvalue weighted by Crippen LogP contribution is 2.37. The number of ether oxygens (including phenoxy) is 1. The number of esters is 1. The Morgan fingerprint density at radius 1 is 1.14 bits per heavy atom. The molecular weight excluding hydrogens is 590 g/mol. The molecule has 43 heavy (non-hydrogen) atoms. The number of anilines is 2. The van der Waals surface area contributed by atoms with Gasteiger partial charge >= 0.3 is 12.1 Å². The van der Waals surface area contributed by atoms with E-state index in [1.54, 1.807) is 6.92 Å².